The van der Waals surface area contributed by atoms with Crippen LogP contribution in [-0.2, 0) is 27.1 Å². The summed E-state index contributed by atoms with van der Waals surface area (Å²) in [5.74, 6) is 1.78. The number of hydrogen-bond donors (Lipinski definition) is 0. The molecule has 0 amide bonds. The van der Waals surface area contributed by atoms with Gasteiger partial charge >= 0.3 is 5.69 Å². The van der Waals surface area contributed by atoms with Crippen LogP contribution in [-0.4, -0.2) is 39.2 Å². The third-order valence-corrected chi connectivity index (χ3v) is 8.45. The van der Waals surface area contributed by atoms with Crippen LogP contribution < -0.4 is 11.2 Å². The van der Waals surface area contributed by atoms with Crippen molar-refractivity contribution in [1.82, 2.24) is 33.4 Å². The number of aryl methyl sites for hydroxylation is 2. The first-order chi connectivity index (χ1) is 16.5. The van der Waals surface area contributed by atoms with E-state index in [9.17, 15) is 9.59 Å². The molecule has 1 aliphatic carbocycles. The van der Waals surface area contributed by atoms with E-state index in [4.69, 9.17) is 0 Å². The molecule has 0 spiro atoms. The number of nitrogens with zero attached hydrogens (tertiary/aromatic N) is 7. The predicted octanol–water partition coefficient (Wildman–Crippen LogP) is 3.37. The highest BCUT2D eigenvalue weighted by atomic mass is 32.2. The van der Waals surface area contributed by atoms with E-state index in [0.29, 0.717) is 30.2 Å². The summed E-state index contributed by atoms with van der Waals surface area (Å²) in [5.41, 5.74) is 0.253. The van der Waals surface area contributed by atoms with Crippen molar-refractivity contribution in [3.8, 4) is 0 Å². The van der Waals surface area contributed by atoms with Gasteiger partial charge in [0.25, 0.3) is 5.56 Å². The summed E-state index contributed by atoms with van der Waals surface area (Å²) >= 11 is 3.42. The first-order valence-corrected chi connectivity index (χ1v) is 13.6. The van der Waals surface area contributed by atoms with Gasteiger partial charge in [-0.15, -0.1) is 21.5 Å². The minimum absolute atomic E-state index is 0.285. The minimum Gasteiger partial charge on any atom is -0.328 e. The van der Waals surface area contributed by atoms with Gasteiger partial charge in [0.1, 0.15) is 5.82 Å². The highest BCUT2D eigenvalue weighted by Crippen LogP contribution is 2.33. The Balaban J connectivity index is 1.32. The quantitative estimate of drug-likeness (QED) is 0.273. The Morgan fingerprint density at radius 3 is 2.74 bits per heavy atom. The molecule has 0 N–H and O–H groups in total. The van der Waals surface area contributed by atoms with Gasteiger partial charge in [-0.2, -0.15) is 0 Å². The molecule has 1 fully saturated rings. The number of aromatic nitrogens is 7. The fourth-order valence-electron chi connectivity index (χ4n) is 4.78. The number of fused-ring (bicyclic) bond motifs is 1. The van der Waals surface area contributed by atoms with Gasteiger partial charge in [0.2, 0.25) is 0 Å². The number of thioether (sulfide) groups is 1. The highest BCUT2D eigenvalue weighted by Gasteiger charge is 2.23. The molecule has 180 valence electrons. The zero-order valence-electron chi connectivity index (χ0n) is 19.5. The molecule has 11 heteroatoms. The van der Waals surface area contributed by atoms with Crippen molar-refractivity contribution in [1.29, 1.82) is 0 Å². The summed E-state index contributed by atoms with van der Waals surface area (Å²) < 4.78 is 6.79. The summed E-state index contributed by atoms with van der Waals surface area (Å²) in [6, 6.07) is 4.67. The average molecular weight is 500 g/mol. The lowest BCUT2D eigenvalue weighted by Gasteiger charge is -2.25. The molecule has 4 aromatic heterocycles. The van der Waals surface area contributed by atoms with Gasteiger partial charge < -0.3 is 9.13 Å². The molecule has 1 saturated carbocycles. The molecule has 0 aromatic carbocycles. The Hall–Kier alpha value is -2.66. The summed E-state index contributed by atoms with van der Waals surface area (Å²) in [6.07, 6.45) is 9.17. The van der Waals surface area contributed by atoms with Gasteiger partial charge in [-0.25, -0.2) is 9.78 Å². The second-order valence-corrected chi connectivity index (χ2v) is 10.9. The first kappa shape index (κ1) is 23.1. The Labute approximate surface area is 205 Å². The SMILES string of the molecule is Cn1cnc2c1c(=O)n(CCCSc1nnc(Cc3cccs3)n1C1CCCCC1)c(=O)n2C. The normalized spacial score (nSPS) is 14.9. The predicted molar refractivity (Wildman–Crippen MR) is 135 cm³/mol. The number of hydrogen-bond acceptors (Lipinski definition) is 7. The molecule has 0 aliphatic heterocycles. The highest BCUT2D eigenvalue weighted by molar-refractivity contribution is 7.99. The van der Waals surface area contributed by atoms with E-state index >= 15 is 0 Å². The summed E-state index contributed by atoms with van der Waals surface area (Å²) in [7, 11) is 3.43. The second kappa shape index (κ2) is 9.91. The molecule has 4 heterocycles. The van der Waals surface area contributed by atoms with E-state index in [1.165, 1.54) is 46.1 Å². The lowest BCUT2D eigenvalue weighted by atomic mass is 9.95. The van der Waals surface area contributed by atoms with Crippen LogP contribution >= 0.6 is 23.1 Å². The summed E-state index contributed by atoms with van der Waals surface area (Å²) in [6.45, 7) is 0.360. The maximum atomic E-state index is 12.9. The van der Waals surface area contributed by atoms with Crippen LogP contribution in [0.25, 0.3) is 11.2 Å². The molecule has 0 atom stereocenters. The fraction of sp³-hybridized carbons (Fsp3) is 0.522. The topological polar surface area (TPSA) is 92.5 Å². The van der Waals surface area contributed by atoms with E-state index in [-0.39, 0.29) is 11.2 Å². The van der Waals surface area contributed by atoms with E-state index in [2.05, 4.69) is 37.3 Å². The van der Waals surface area contributed by atoms with Crippen molar-refractivity contribution < 1.29 is 0 Å². The van der Waals surface area contributed by atoms with E-state index in [1.807, 2.05) is 0 Å². The molecule has 0 unspecified atom stereocenters. The van der Waals surface area contributed by atoms with Crippen LogP contribution in [0.4, 0.5) is 0 Å². The molecule has 1 aliphatic rings. The second-order valence-electron chi connectivity index (χ2n) is 8.84. The van der Waals surface area contributed by atoms with Crippen molar-refractivity contribution in [3.05, 3.63) is 55.4 Å². The van der Waals surface area contributed by atoms with Crippen LogP contribution in [0.5, 0.6) is 0 Å². The molecule has 0 bridgehead atoms. The van der Waals surface area contributed by atoms with Crippen molar-refractivity contribution >= 4 is 34.3 Å². The Morgan fingerprint density at radius 1 is 1.15 bits per heavy atom. The molecular weight excluding hydrogens is 470 g/mol. The molecular formula is C23H29N7O2S2. The molecule has 5 rings (SSSR count). The number of thiophene rings is 1. The van der Waals surface area contributed by atoms with Gasteiger partial charge in [-0.1, -0.05) is 37.1 Å². The van der Waals surface area contributed by atoms with E-state index in [1.54, 1.807) is 48.1 Å². The van der Waals surface area contributed by atoms with E-state index in [0.717, 1.165) is 23.2 Å². The maximum Gasteiger partial charge on any atom is 0.332 e. The van der Waals surface area contributed by atoms with Gasteiger partial charge in [-0.3, -0.25) is 13.9 Å². The van der Waals surface area contributed by atoms with Crippen LogP contribution in [0.15, 0.2) is 38.6 Å². The fourth-order valence-corrected chi connectivity index (χ4v) is 6.43. The Bertz CT molecular complexity index is 1390. The number of rotatable bonds is 8. The van der Waals surface area contributed by atoms with Gasteiger partial charge in [0, 0.05) is 43.7 Å². The zero-order chi connectivity index (χ0) is 23.7. The summed E-state index contributed by atoms with van der Waals surface area (Å²) in [4.78, 5) is 31.1. The standard InChI is InChI=1S/C23H29N7O2S2/c1-27-15-24-20-19(27)21(31)29(23(32)28(20)2)11-7-13-34-22-26-25-18(14-17-10-6-12-33-17)30(22)16-8-4-3-5-9-16/h6,10,12,15-16H,3-5,7-9,11,13-14H2,1-2H3. The van der Waals surface area contributed by atoms with Crippen molar-refractivity contribution in [3.63, 3.8) is 0 Å². The van der Waals surface area contributed by atoms with Crippen LogP contribution in [0.3, 0.4) is 0 Å². The van der Waals surface area contributed by atoms with Crippen molar-refractivity contribution in [2.24, 2.45) is 14.1 Å². The van der Waals surface area contributed by atoms with Gasteiger partial charge in [0.15, 0.2) is 16.3 Å². The van der Waals surface area contributed by atoms with Crippen LogP contribution in [0, 0.1) is 0 Å². The largest absolute Gasteiger partial charge is 0.332 e. The van der Waals surface area contributed by atoms with Crippen molar-refractivity contribution in [2.45, 2.75) is 62.7 Å². The smallest absolute Gasteiger partial charge is 0.328 e. The first-order valence-electron chi connectivity index (χ1n) is 11.7. The molecule has 34 heavy (non-hydrogen) atoms. The lowest BCUT2D eigenvalue weighted by molar-refractivity contribution is 0.330. The van der Waals surface area contributed by atoms with Gasteiger partial charge in [0.05, 0.1) is 6.33 Å². The van der Waals surface area contributed by atoms with Crippen LogP contribution in [0.1, 0.15) is 55.3 Å². The maximum absolute atomic E-state index is 12.9. The van der Waals surface area contributed by atoms with Crippen LogP contribution in [0.2, 0.25) is 0 Å². The Morgan fingerprint density at radius 2 is 1.97 bits per heavy atom. The minimum atomic E-state index is -0.329. The monoisotopic (exact) mass is 499 g/mol. The molecule has 9 nitrogen and oxygen atoms in total. The Kier molecular flexibility index (Phi) is 6.73. The van der Waals surface area contributed by atoms with Crippen molar-refractivity contribution in [2.75, 3.05) is 5.75 Å². The molecule has 4 aromatic rings. The third-order valence-electron chi connectivity index (χ3n) is 6.55. The lowest BCUT2D eigenvalue weighted by Crippen LogP contribution is -2.39. The molecule has 0 radical (unpaired) electrons. The zero-order valence-corrected chi connectivity index (χ0v) is 21.1. The van der Waals surface area contributed by atoms with Gasteiger partial charge in [-0.05, 0) is 30.7 Å². The average Bonchev–Trinajstić information content (AvgIpc) is 3.59. The summed E-state index contributed by atoms with van der Waals surface area (Å²) in [5, 5.41) is 12.2. The van der Waals surface area contributed by atoms with E-state index < -0.39 is 0 Å². The number of imidazole rings is 1. The third kappa shape index (κ3) is 4.38. The molecule has 0 saturated heterocycles.